The highest BCUT2D eigenvalue weighted by Gasteiger charge is 2.26. The summed E-state index contributed by atoms with van der Waals surface area (Å²) in [5, 5.41) is 9.53. The molecule has 1 aliphatic rings. The lowest BCUT2D eigenvalue weighted by molar-refractivity contribution is -0.140. The fourth-order valence-electron chi connectivity index (χ4n) is 3.09. The predicted molar refractivity (Wildman–Crippen MR) is 154 cm³/mol. The van der Waals surface area contributed by atoms with Gasteiger partial charge in [0.05, 0.1) is 19.4 Å². The van der Waals surface area contributed by atoms with E-state index < -0.39 is 23.1 Å². The second-order valence-corrected chi connectivity index (χ2v) is 9.82. The first-order chi connectivity index (χ1) is 18.9. The summed E-state index contributed by atoms with van der Waals surface area (Å²) in [6.07, 6.45) is 7.51. The van der Waals surface area contributed by atoms with Gasteiger partial charge in [-0.25, -0.2) is 10.6 Å². The predicted octanol–water partition coefficient (Wildman–Crippen LogP) is 1.76. The molecule has 0 aromatic carbocycles. The highest BCUT2D eigenvalue weighted by atomic mass is 35.5. The number of carbonyl (C=O) groups excluding carboxylic acids is 4. The number of rotatable bonds is 14. The lowest BCUT2D eigenvalue weighted by atomic mass is 10.2. The molecule has 0 aliphatic carbocycles. The van der Waals surface area contributed by atoms with Gasteiger partial charge in [-0.3, -0.25) is 19.3 Å². The Morgan fingerprint density at radius 2 is 1.80 bits per heavy atom. The van der Waals surface area contributed by atoms with Crippen molar-refractivity contribution in [3.05, 3.63) is 35.9 Å². The molecule has 40 heavy (non-hydrogen) atoms. The fraction of sp³-hybridized carbons (Fsp3) is 0.615. The smallest absolute Gasteiger partial charge is 0.410 e. The first-order valence-corrected chi connectivity index (χ1v) is 13.6. The maximum absolute atomic E-state index is 12.7. The summed E-state index contributed by atoms with van der Waals surface area (Å²) in [5.41, 5.74) is 4.23. The number of nitrogens with one attached hydrogen (secondary N) is 3. The number of hydrazine groups is 1. The van der Waals surface area contributed by atoms with E-state index in [4.69, 9.17) is 27.9 Å². The topological polar surface area (TPSA) is 181 Å². The molecule has 13 nitrogen and oxygen atoms in total. The molecule has 0 fully saturated rings. The normalized spacial score (nSPS) is 14.4. The molecule has 1 aliphatic heterocycles. The quantitative estimate of drug-likeness (QED) is 0.0501. The molecule has 1 rings (SSSR count). The molecular formula is C26H46ClN7O6. The third-order valence-corrected chi connectivity index (χ3v) is 5.32. The van der Waals surface area contributed by atoms with E-state index >= 15 is 0 Å². The van der Waals surface area contributed by atoms with Crippen LogP contribution in [-0.4, -0.2) is 78.2 Å². The number of nitrogens with two attached hydrogens (primary N) is 2. The van der Waals surface area contributed by atoms with Crippen molar-refractivity contribution in [1.29, 1.82) is 0 Å². The third kappa shape index (κ3) is 15.8. The zero-order valence-electron chi connectivity index (χ0n) is 24.4. The Morgan fingerprint density at radius 1 is 1.12 bits per heavy atom. The molecule has 0 spiro atoms. The molecular weight excluding hydrogens is 542 g/mol. The second kappa shape index (κ2) is 19.6. The van der Waals surface area contributed by atoms with Crippen LogP contribution in [0.4, 0.5) is 4.79 Å². The van der Waals surface area contributed by atoms with E-state index in [1.54, 1.807) is 20.8 Å². The molecule has 228 valence electrons. The van der Waals surface area contributed by atoms with Crippen molar-refractivity contribution in [2.75, 3.05) is 33.3 Å². The number of unbranched alkanes of at least 4 members (excludes halogenated alkanes) is 2. The Balaban J connectivity index is 0.00000742. The Labute approximate surface area is 242 Å². The fourth-order valence-corrected chi connectivity index (χ4v) is 3.34. The molecule has 0 saturated carbocycles. The van der Waals surface area contributed by atoms with Crippen LogP contribution in [0.1, 0.15) is 60.3 Å². The molecule has 7 N–H and O–H groups in total. The summed E-state index contributed by atoms with van der Waals surface area (Å²) >= 11 is 6.33. The monoisotopic (exact) mass is 587 g/mol. The number of nitrogens with zero attached hydrogens (tertiary/aromatic N) is 2. The molecule has 0 radical (unpaired) electrons. The number of carbonyl (C=O) groups is 4. The second-order valence-electron chi connectivity index (χ2n) is 9.38. The number of amides is 3. The molecule has 3 amide bonds. The van der Waals surface area contributed by atoms with Crippen LogP contribution >= 0.6 is 11.6 Å². The number of esters is 1. The van der Waals surface area contributed by atoms with Gasteiger partial charge in [0.15, 0.2) is 0 Å². The number of allylic oxidation sites excluding steroid dienone is 2. The summed E-state index contributed by atoms with van der Waals surface area (Å²) in [5.74, 6) is 4.64. The number of halogens is 1. The highest BCUT2D eigenvalue weighted by molar-refractivity contribution is 6.23. The number of hydrogen-bond donors (Lipinski definition) is 5. The van der Waals surface area contributed by atoms with Crippen LogP contribution in [0.3, 0.4) is 0 Å². The van der Waals surface area contributed by atoms with Crippen molar-refractivity contribution in [2.24, 2.45) is 11.6 Å². The molecule has 1 atom stereocenters. The standard InChI is InChI=1S/C24H40ClN7O6.C2H6/c1-24(2,3)38-23(36)31(14-15-32(27)13-11-26)16-19(33)29-17-9-10-18(30-21(17)25)22(35)28-12-7-5-6-8-20(34)37-4;1-2/h9-11,13,21,30H,5-8,12,14-16,26-27H2,1-4H3,(H,28,35)(H,29,33);1-2H3/b13-11-;. The zero-order chi connectivity index (χ0) is 30.7. The molecule has 0 aromatic heterocycles. The number of alkyl halides is 1. The van der Waals surface area contributed by atoms with Crippen molar-refractivity contribution in [2.45, 2.75) is 71.4 Å². The maximum Gasteiger partial charge on any atom is 0.410 e. The van der Waals surface area contributed by atoms with Crippen molar-refractivity contribution < 1.29 is 28.7 Å². The van der Waals surface area contributed by atoms with Crippen LogP contribution in [0.2, 0.25) is 0 Å². The SMILES string of the molecule is CC.COC(=O)CCCCCNC(=O)C1=CC=C(NC(=O)CN(CCN(N)/C=C\N)C(=O)OC(C)(C)C)C(Cl)N1. The van der Waals surface area contributed by atoms with E-state index in [2.05, 4.69) is 20.7 Å². The third-order valence-electron chi connectivity index (χ3n) is 4.98. The van der Waals surface area contributed by atoms with Gasteiger partial charge in [-0.2, -0.15) is 0 Å². The van der Waals surface area contributed by atoms with E-state index in [0.717, 1.165) is 6.42 Å². The van der Waals surface area contributed by atoms with Crippen LogP contribution in [0, 0.1) is 0 Å². The van der Waals surface area contributed by atoms with Gasteiger partial charge in [0, 0.05) is 31.9 Å². The lowest BCUT2D eigenvalue weighted by Gasteiger charge is -2.29. The highest BCUT2D eigenvalue weighted by Crippen LogP contribution is 2.14. The van der Waals surface area contributed by atoms with Gasteiger partial charge < -0.3 is 36.2 Å². The summed E-state index contributed by atoms with van der Waals surface area (Å²) < 4.78 is 9.98. The average Bonchev–Trinajstić information content (AvgIpc) is 2.89. The van der Waals surface area contributed by atoms with Gasteiger partial charge in [-0.15, -0.1) is 0 Å². The van der Waals surface area contributed by atoms with Crippen molar-refractivity contribution in [1.82, 2.24) is 25.9 Å². The zero-order valence-corrected chi connectivity index (χ0v) is 25.2. The first kappa shape index (κ1) is 36.5. The van der Waals surface area contributed by atoms with Crippen LogP contribution in [0.15, 0.2) is 35.9 Å². The van der Waals surface area contributed by atoms with Gasteiger partial charge >= 0.3 is 12.1 Å². The minimum Gasteiger partial charge on any atom is -0.469 e. The number of ether oxygens (including phenoxy) is 2. The maximum atomic E-state index is 12.7. The number of hydrogen-bond acceptors (Lipinski definition) is 10. The summed E-state index contributed by atoms with van der Waals surface area (Å²) in [4.78, 5) is 50.0. The van der Waals surface area contributed by atoms with E-state index in [1.165, 1.54) is 41.6 Å². The minimum atomic E-state index is -0.881. The Hall–Kier alpha value is -3.45. The van der Waals surface area contributed by atoms with Crippen LogP contribution in [0.5, 0.6) is 0 Å². The number of dihydropyridines is 1. The van der Waals surface area contributed by atoms with Crippen molar-refractivity contribution in [3.8, 4) is 0 Å². The summed E-state index contributed by atoms with van der Waals surface area (Å²) in [7, 11) is 1.35. The largest absolute Gasteiger partial charge is 0.469 e. The Morgan fingerprint density at radius 3 is 2.38 bits per heavy atom. The molecule has 0 aromatic rings. The van der Waals surface area contributed by atoms with E-state index in [9.17, 15) is 19.2 Å². The van der Waals surface area contributed by atoms with Gasteiger partial charge in [0.1, 0.15) is 23.3 Å². The van der Waals surface area contributed by atoms with E-state index in [-0.39, 0.29) is 37.2 Å². The molecule has 1 unspecified atom stereocenters. The van der Waals surface area contributed by atoms with E-state index in [0.29, 0.717) is 31.5 Å². The average molecular weight is 588 g/mol. The summed E-state index contributed by atoms with van der Waals surface area (Å²) in [6.45, 7) is 9.57. The van der Waals surface area contributed by atoms with E-state index in [1.807, 2.05) is 13.8 Å². The number of methoxy groups -OCH3 is 1. The van der Waals surface area contributed by atoms with Gasteiger partial charge in [0.2, 0.25) is 5.91 Å². The van der Waals surface area contributed by atoms with Gasteiger partial charge in [0.25, 0.3) is 5.91 Å². The molecule has 0 saturated heterocycles. The molecule has 0 bridgehead atoms. The first-order valence-electron chi connectivity index (χ1n) is 13.2. The Bertz CT molecular complexity index is 918. The van der Waals surface area contributed by atoms with Crippen LogP contribution in [0.25, 0.3) is 0 Å². The Kier molecular flexibility index (Phi) is 17.9. The lowest BCUT2D eigenvalue weighted by Crippen LogP contribution is -2.48. The summed E-state index contributed by atoms with van der Waals surface area (Å²) in [6, 6.07) is 0. The van der Waals surface area contributed by atoms with Crippen molar-refractivity contribution in [3.63, 3.8) is 0 Å². The van der Waals surface area contributed by atoms with Gasteiger partial charge in [-0.1, -0.05) is 31.9 Å². The molecule has 1 heterocycles. The van der Waals surface area contributed by atoms with Gasteiger partial charge in [-0.05, 0) is 45.8 Å². The minimum absolute atomic E-state index is 0.0949. The van der Waals surface area contributed by atoms with Crippen molar-refractivity contribution >= 4 is 35.5 Å². The van der Waals surface area contributed by atoms with Crippen LogP contribution in [-0.2, 0) is 23.9 Å². The van der Waals surface area contributed by atoms with Crippen LogP contribution < -0.4 is 27.5 Å². The molecule has 14 heteroatoms.